The Morgan fingerprint density at radius 2 is 2.00 bits per heavy atom. The summed E-state index contributed by atoms with van der Waals surface area (Å²) in [6.07, 6.45) is 2.15. The number of allylic oxidation sites excluding steroid dienone is 1. The number of halogens is 1. The quantitative estimate of drug-likeness (QED) is 0.686. The molecule has 1 aliphatic rings. The lowest BCUT2D eigenvalue weighted by Gasteiger charge is -2.07. The minimum Gasteiger partial charge on any atom is -0.507 e. The van der Waals surface area contributed by atoms with Gasteiger partial charge >= 0.3 is 0 Å². The maximum atomic E-state index is 13.3. The third-order valence-electron chi connectivity index (χ3n) is 3.61. The first kappa shape index (κ1) is 15.1. The van der Waals surface area contributed by atoms with E-state index in [1.807, 2.05) is 13.0 Å². The zero-order valence-corrected chi connectivity index (χ0v) is 12.5. The van der Waals surface area contributed by atoms with Crippen molar-refractivity contribution in [2.24, 2.45) is 0 Å². The Hall–Kier alpha value is -2.82. The van der Waals surface area contributed by atoms with E-state index in [9.17, 15) is 14.3 Å². The Bertz CT molecular complexity index is 796. The van der Waals surface area contributed by atoms with E-state index >= 15 is 0 Å². The molecule has 23 heavy (non-hydrogen) atoms. The molecule has 0 atom stereocenters. The first-order valence-corrected chi connectivity index (χ1v) is 7.22. The number of fused-ring (bicyclic) bond motifs is 1. The summed E-state index contributed by atoms with van der Waals surface area (Å²) >= 11 is 0. The van der Waals surface area contributed by atoms with Crippen molar-refractivity contribution in [1.29, 1.82) is 0 Å². The monoisotopic (exact) mass is 314 g/mol. The van der Waals surface area contributed by atoms with Crippen molar-refractivity contribution in [1.82, 2.24) is 0 Å². The molecule has 4 nitrogen and oxygen atoms in total. The Kier molecular flexibility index (Phi) is 4.02. The molecule has 5 heteroatoms. The van der Waals surface area contributed by atoms with E-state index in [4.69, 9.17) is 9.47 Å². The van der Waals surface area contributed by atoms with E-state index in [2.05, 4.69) is 0 Å². The summed E-state index contributed by atoms with van der Waals surface area (Å²) in [6, 6.07) is 8.68. The summed E-state index contributed by atoms with van der Waals surface area (Å²) in [7, 11) is 0. The van der Waals surface area contributed by atoms with Gasteiger partial charge in [0.15, 0.2) is 17.3 Å². The lowest BCUT2D eigenvalue weighted by atomic mass is 9.98. The lowest BCUT2D eigenvalue weighted by molar-refractivity contribution is 0.102. The molecular formula is C18H15FO4. The van der Waals surface area contributed by atoms with Gasteiger partial charge in [-0.2, -0.15) is 0 Å². The predicted molar refractivity (Wildman–Crippen MR) is 83.2 cm³/mol. The van der Waals surface area contributed by atoms with E-state index in [1.54, 1.807) is 18.2 Å². The van der Waals surface area contributed by atoms with Crippen LogP contribution in [0.5, 0.6) is 17.2 Å². The van der Waals surface area contributed by atoms with Crippen molar-refractivity contribution in [3.8, 4) is 17.2 Å². The fourth-order valence-corrected chi connectivity index (χ4v) is 2.40. The topological polar surface area (TPSA) is 55.8 Å². The van der Waals surface area contributed by atoms with Gasteiger partial charge in [-0.25, -0.2) is 4.39 Å². The Balaban J connectivity index is 1.95. The highest BCUT2D eigenvalue weighted by Crippen LogP contribution is 2.33. The fraction of sp³-hybridized carbons (Fsp3) is 0.167. The number of benzene rings is 2. The maximum absolute atomic E-state index is 13.3. The summed E-state index contributed by atoms with van der Waals surface area (Å²) in [4.78, 5) is 12.5. The number of phenols is 1. The molecule has 0 saturated carbocycles. The van der Waals surface area contributed by atoms with Crippen LogP contribution in [0.15, 0.2) is 42.0 Å². The van der Waals surface area contributed by atoms with Crippen LogP contribution in [0.3, 0.4) is 0 Å². The minimum absolute atomic E-state index is 0.0427. The van der Waals surface area contributed by atoms with Crippen LogP contribution < -0.4 is 9.47 Å². The minimum atomic E-state index is -0.565. The molecule has 0 bridgehead atoms. The van der Waals surface area contributed by atoms with E-state index < -0.39 is 11.6 Å². The highest BCUT2D eigenvalue weighted by molar-refractivity contribution is 6.12. The van der Waals surface area contributed by atoms with Gasteiger partial charge in [0, 0.05) is 5.57 Å². The van der Waals surface area contributed by atoms with Gasteiger partial charge in [-0.1, -0.05) is 13.0 Å². The summed E-state index contributed by atoms with van der Waals surface area (Å²) in [5, 5.41) is 9.79. The normalized spacial score (nSPS) is 13.2. The van der Waals surface area contributed by atoms with Crippen molar-refractivity contribution < 1.29 is 23.8 Å². The van der Waals surface area contributed by atoms with Gasteiger partial charge in [-0.05, 0) is 48.4 Å². The van der Waals surface area contributed by atoms with Gasteiger partial charge < -0.3 is 14.6 Å². The van der Waals surface area contributed by atoms with Crippen molar-refractivity contribution in [3.63, 3.8) is 0 Å². The average Bonchev–Trinajstić information content (AvgIpc) is 3.02. The van der Waals surface area contributed by atoms with Gasteiger partial charge in [0.05, 0.1) is 5.56 Å². The van der Waals surface area contributed by atoms with Crippen molar-refractivity contribution in [3.05, 3.63) is 58.9 Å². The third-order valence-corrected chi connectivity index (χ3v) is 3.61. The molecule has 0 aliphatic carbocycles. The fourth-order valence-electron chi connectivity index (χ4n) is 2.40. The molecule has 0 radical (unpaired) electrons. The van der Waals surface area contributed by atoms with Gasteiger partial charge in [0.2, 0.25) is 6.79 Å². The van der Waals surface area contributed by atoms with Crippen LogP contribution in [-0.2, 0) is 0 Å². The highest BCUT2D eigenvalue weighted by atomic mass is 19.1. The van der Waals surface area contributed by atoms with Gasteiger partial charge in [-0.3, -0.25) is 4.79 Å². The number of Topliss-reactive ketones (excluding diaryl/α,β-unsaturated/α-hetero) is 1. The number of rotatable bonds is 4. The summed E-state index contributed by atoms with van der Waals surface area (Å²) < 4.78 is 23.9. The number of carbonyl (C=O) groups excluding carboxylic acids is 1. The molecule has 0 unspecified atom stereocenters. The third kappa shape index (κ3) is 3.04. The molecule has 0 aromatic heterocycles. The zero-order chi connectivity index (χ0) is 16.4. The van der Waals surface area contributed by atoms with E-state index in [0.29, 0.717) is 23.5 Å². The first-order chi connectivity index (χ1) is 11.1. The van der Waals surface area contributed by atoms with Gasteiger partial charge in [0.25, 0.3) is 0 Å². The van der Waals surface area contributed by atoms with E-state index in [0.717, 1.165) is 17.7 Å². The molecule has 0 saturated heterocycles. The molecule has 3 rings (SSSR count). The Labute approximate surface area is 132 Å². The Morgan fingerprint density at radius 3 is 2.78 bits per heavy atom. The number of ether oxygens (including phenoxy) is 2. The zero-order valence-electron chi connectivity index (χ0n) is 12.5. The van der Waals surface area contributed by atoms with Crippen LogP contribution in [-0.4, -0.2) is 17.7 Å². The highest BCUT2D eigenvalue weighted by Gasteiger charge is 2.17. The molecular weight excluding hydrogens is 299 g/mol. The van der Waals surface area contributed by atoms with E-state index in [-0.39, 0.29) is 18.1 Å². The van der Waals surface area contributed by atoms with Crippen LogP contribution >= 0.6 is 0 Å². The molecule has 2 aromatic rings. The van der Waals surface area contributed by atoms with E-state index in [1.165, 1.54) is 6.07 Å². The van der Waals surface area contributed by atoms with Crippen LogP contribution in [0, 0.1) is 5.82 Å². The van der Waals surface area contributed by atoms with Crippen molar-refractivity contribution in [2.75, 3.05) is 6.79 Å². The number of phenolic OH excluding ortho intramolecular Hbond substituents is 1. The number of ketones is 1. The number of aromatic hydroxyl groups is 1. The van der Waals surface area contributed by atoms with Gasteiger partial charge in [0.1, 0.15) is 11.6 Å². The molecule has 0 spiro atoms. The number of carbonyl (C=O) groups is 1. The standard InChI is InChI=1S/C18H15FO4/c1-2-12(18(21)14-9-13(19)4-5-15(14)20)7-11-3-6-16-17(8-11)23-10-22-16/h3-9,20H,2,10H2,1H3. The van der Waals surface area contributed by atoms with Crippen molar-refractivity contribution in [2.45, 2.75) is 13.3 Å². The first-order valence-electron chi connectivity index (χ1n) is 7.22. The molecule has 0 fully saturated rings. The van der Waals surface area contributed by atoms with Crippen LogP contribution in [0.25, 0.3) is 6.08 Å². The van der Waals surface area contributed by atoms with Crippen LogP contribution in [0.2, 0.25) is 0 Å². The Morgan fingerprint density at radius 1 is 1.22 bits per heavy atom. The number of hydrogen-bond donors (Lipinski definition) is 1. The van der Waals surface area contributed by atoms with Crippen LogP contribution in [0.4, 0.5) is 4.39 Å². The molecule has 0 amide bonds. The molecule has 1 aliphatic heterocycles. The van der Waals surface area contributed by atoms with Gasteiger partial charge in [-0.15, -0.1) is 0 Å². The number of hydrogen-bond acceptors (Lipinski definition) is 4. The molecule has 1 heterocycles. The average molecular weight is 314 g/mol. The second-order valence-corrected chi connectivity index (χ2v) is 5.13. The second kappa shape index (κ2) is 6.12. The molecule has 2 aromatic carbocycles. The largest absolute Gasteiger partial charge is 0.507 e. The van der Waals surface area contributed by atoms with Crippen LogP contribution in [0.1, 0.15) is 29.3 Å². The smallest absolute Gasteiger partial charge is 0.231 e. The summed E-state index contributed by atoms with van der Waals surface area (Å²) in [5.74, 6) is 0.0813. The SMILES string of the molecule is CCC(=Cc1ccc2c(c1)OCO2)C(=O)c1cc(F)ccc1O. The van der Waals surface area contributed by atoms with Crippen molar-refractivity contribution >= 4 is 11.9 Å². The maximum Gasteiger partial charge on any atom is 0.231 e. The second-order valence-electron chi connectivity index (χ2n) is 5.13. The molecule has 118 valence electrons. The summed E-state index contributed by atoms with van der Waals surface area (Å²) in [6.45, 7) is 2.01. The molecule has 1 N–H and O–H groups in total. The summed E-state index contributed by atoms with van der Waals surface area (Å²) in [5.41, 5.74) is 1.19. The predicted octanol–water partition coefficient (Wildman–Crippen LogP) is 3.94. The lowest BCUT2D eigenvalue weighted by Crippen LogP contribution is -2.04.